The van der Waals surface area contributed by atoms with Crippen LogP contribution in [-0.2, 0) is 4.74 Å². The summed E-state index contributed by atoms with van der Waals surface area (Å²) in [4.78, 5) is 4.80. The van der Waals surface area contributed by atoms with Crippen molar-refractivity contribution in [2.24, 2.45) is 0 Å². The molecule has 1 aliphatic rings. The Hall–Kier alpha value is -0.930. The lowest BCUT2D eigenvalue weighted by atomic mass is 9.95. The fourth-order valence-corrected chi connectivity index (χ4v) is 2.82. The van der Waals surface area contributed by atoms with Gasteiger partial charge in [-0.2, -0.15) is 0 Å². The zero-order chi connectivity index (χ0) is 11.7. The molecule has 1 saturated heterocycles. The van der Waals surface area contributed by atoms with Crippen LogP contribution in [0.4, 0.5) is 0 Å². The minimum absolute atomic E-state index is 0.556. The SMILES string of the molecule is Brc1cccc2ccc(C3CCOCC3)nc12. The van der Waals surface area contributed by atoms with Crippen LogP contribution in [0.15, 0.2) is 34.8 Å². The van der Waals surface area contributed by atoms with E-state index in [0.717, 1.165) is 36.0 Å². The minimum Gasteiger partial charge on any atom is -0.381 e. The molecule has 0 spiro atoms. The number of benzene rings is 1. The average molecular weight is 292 g/mol. The fourth-order valence-electron chi connectivity index (χ4n) is 2.35. The number of halogens is 1. The Kier molecular flexibility index (Phi) is 3.12. The highest BCUT2D eigenvalue weighted by molar-refractivity contribution is 9.10. The lowest BCUT2D eigenvalue weighted by Crippen LogP contribution is -2.15. The van der Waals surface area contributed by atoms with Crippen LogP contribution >= 0.6 is 15.9 Å². The fraction of sp³-hybridized carbons (Fsp3) is 0.357. The Balaban J connectivity index is 2.03. The summed E-state index contributed by atoms with van der Waals surface area (Å²) in [7, 11) is 0. The zero-order valence-corrected chi connectivity index (χ0v) is 11.1. The van der Waals surface area contributed by atoms with E-state index in [1.54, 1.807) is 0 Å². The van der Waals surface area contributed by atoms with Crippen molar-refractivity contribution >= 4 is 26.8 Å². The van der Waals surface area contributed by atoms with Crippen LogP contribution in [0, 0.1) is 0 Å². The van der Waals surface area contributed by atoms with E-state index in [1.807, 2.05) is 12.1 Å². The van der Waals surface area contributed by atoms with Gasteiger partial charge in [-0.1, -0.05) is 18.2 Å². The molecule has 2 heterocycles. The largest absolute Gasteiger partial charge is 0.381 e. The molecule has 0 radical (unpaired) electrons. The van der Waals surface area contributed by atoms with Crippen molar-refractivity contribution in [1.29, 1.82) is 0 Å². The van der Waals surface area contributed by atoms with Gasteiger partial charge >= 0.3 is 0 Å². The van der Waals surface area contributed by atoms with Crippen molar-refractivity contribution in [3.63, 3.8) is 0 Å². The first-order valence-electron chi connectivity index (χ1n) is 5.97. The number of nitrogens with zero attached hydrogens (tertiary/aromatic N) is 1. The Morgan fingerprint density at radius 1 is 1.12 bits per heavy atom. The third-order valence-corrected chi connectivity index (χ3v) is 3.97. The maximum atomic E-state index is 5.40. The smallest absolute Gasteiger partial charge is 0.0847 e. The van der Waals surface area contributed by atoms with Gasteiger partial charge in [-0.25, -0.2) is 0 Å². The second-order valence-corrected chi connectivity index (χ2v) is 5.29. The summed E-state index contributed by atoms with van der Waals surface area (Å²) in [6.07, 6.45) is 2.17. The van der Waals surface area contributed by atoms with Gasteiger partial charge in [0.15, 0.2) is 0 Å². The van der Waals surface area contributed by atoms with Crippen molar-refractivity contribution in [2.45, 2.75) is 18.8 Å². The molecule has 2 aromatic rings. The van der Waals surface area contributed by atoms with Gasteiger partial charge in [-0.05, 0) is 40.9 Å². The van der Waals surface area contributed by atoms with E-state index in [0.29, 0.717) is 5.92 Å². The number of hydrogen-bond acceptors (Lipinski definition) is 2. The molecular formula is C14H14BrNO. The van der Waals surface area contributed by atoms with E-state index >= 15 is 0 Å². The molecule has 0 aliphatic carbocycles. The Bertz CT molecular complexity index is 535. The van der Waals surface area contributed by atoms with E-state index in [1.165, 1.54) is 11.1 Å². The highest BCUT2D eigenvalue weighted by atomic mass is 79.9. The molecule has 17 heavy (non-hydrogen) atoms. The van der Waals surface area contributed by atoms with Gasteiger partial charge in [-0.15, -0.1) is 0 Å². The molecule has 3 heteroatoms. The van der Waals surface area contributed by atoms with E-state index in [-0.39, 0.29) is 0 Å². The van der Waals surface area contributed by atoms with Gasteiger partial charge in [0.1, 0.15) is 0 Å². The Labute approximate surface area is 109 Å². The molecule has 0 bridgehead atoms. The summed E-state index contributed by atoms with van der Waals surface area (Å²) in [5, 5.41) is 1.19. The van der Waals surface area contributed by atoms with Gasteiger partial charge in [0.05, 0.1) is 5.52 Å². The molecule has 3 rings (SSSR count). The summed E-state index contributed by atoms with van der Waals surface area (Å²) in [6, 6.07) is 10.5. The Morgan fingerprint density at radius 3 is 2.76 bits per heavy atom. The van der Waals surface area contributed by atoms with E-state index < -0.39 is 0 Å². The van der Waals surface area contributed by atoms with Crippen LogP contribution in [0.2, 0.25) is 0 Å². The second-order valence-electron chi connectivity index (χ2n) is 4.43. The molecule has 1 aliphatic heterocycles. The highest BCUT2D eigenvalue weighted by Gasteiger charge is 2.17. The quantitative estimate of drug-likeness (QED) is 0.795. The predicted molar refractivity (Wildman–Crippen MR) is 72.2 cm³/mol. The summed E-state index contributed by atoms with van der Waals surface area (Å²) < 4.78 is 6.47. The number of ether oxygens (including phenoxy) is 1. The zero-order valence-electron chi connectivity index (χ0n) is 9.53. The van der Waals surface area contributed by atoms with Crippen LogP contribution in [0.3, 0.4) is 0 Å². The maximum absolute atomic E-state index is 5.40. The van der Waals surface area contributed by atoms with Crippen molar-refractivity contribution in [2.75, 3.05) is 13.2 Å². The minimum atomic E-state index is 0.556. The molecule has 1 fully saturated rings. The number of rotatable bonds is 1. The molecule has 2 nitrogen and oxygen atoms in total. The molecule has 88 valence electrons. The summed E-state index contributed by atoms with van der Waals surface area (Å²) in [6.45, 7) is 1.72. The summed E-state index contributed by atoms with van der Waals surface area (Å²) in [5.74, 6) is 0.556. The molecule has 0 saturated carbocycles. The number of pyridine rings is 1. The molecule has 1 aromatic carbocycles. The first-order valence-corrected chi connectivity index (χ1v) is 6.77. The van der Waals surface area contributed by atoms with E-state index in [9.17, 15) is 0 Å². The normalized spacial score (nSPS) is 17.5. The standard InChI is InChI=1S/C14H14BrNO/c15-12-3-1-2-11-4-5-13(16-14(11)12)10-6-8-17-9-7-10/h1-5,10H,6-9H2. The lowest BCUT2D eigenvalue weighted by molar-refractivity contribution is 0.0846. The summed E-state index contributed by atoms with van der Waals surface area (Å²) in [5.41, 5.74) is 2.27. The van der Waals surface area contributed by atoms with Crippen LogP contribution in [0.5, 0.6) is 0 Å². The predicted octanol–water partition coefficient (Wildman–Crippen LogP) is 3.89. The van der Waals surface area contributed by atoms with Gasteiger partial charge in [-0.3, -0.25) is 4.98 Å². The molecule has 0 N–H and O–H groups in total. The highest BCUT2D eigenvalue weighted by Crippen LogP contribution is 2.29. The first kappa shape index (κ1) is 11.2. The number of para-hydroxylation sites is 1. The number of aromatic nitrogens is 1. The topological polar surface area (TPSA) is 22.1 Å². The molecule has 0 atom stereocenters. The van der Waals surface area contributed by atoms with Gasteiger partial charge in [0.2, 0.25) is 0 Å². The monoisotopic (exact) mass is 291 g/mol. The second kappa shape index (κ2) is 4.75. The Morgan fingerprint density at radius 2 is 1.94 bits per heavy atom. The van der Waals surface area contributed by atoms with Crippen LogP contribution in [-0.4, -0.2) is 18.2 Å². The van der Waals surface area contributed by atoms with Crippen LogP contribution in [0.1, 0.15) is 24.5 Å². The number of fused-ring (bicyclic) bond motifs is 1. The van der Waals surface area contributed by atoms with Crippen molar-refractivity contribution < 1.29 is 4.74 Å². The van der Waals surface area contributed by atoms with Crippen molar-refractivity contribution in [3.8, 4) is 0 Å². The van der Waals surface area contributed by atoms with Crippen LogP contribution < -0.4 is 0 Å². The lowest BCUT2D eigenvalue weighted by Gasteiger charge is -2.21. The summed E-state index contributed by atoms with van der Waals surface area (Å²) >= 11 is 3.57. The van der Waals surface area contributed by atoms with Gasteiger partial charge in [0, 0.05) is 34.7 Å². The maximum Gasteiger partial charge on any atom is 0.0847 e. The molecular weight excluding hydrogens is 278 g/mol. The van der Waals surface area contributed by atoms with Gasteiger partial charge < -0.3 is 4.74 Å². The van der Waals surface area contributed by atoms with Crippen LogP contribution in [0.25, 0.3) is 10.9 Å². The van der Waals surface area contributed by atoms with Gasteiger partial charge in [0.25, 0.3) is 0 Å². The molecule has 0 amide bonds. The number of hydrogen-bond donors (Lipinski definition) is 0. The van der Waals surface area contributed by atoms with E-state index in [2.05, 4.69) is 34.1 Å². The van der Waals surface area contributed by atoms with E-state index in [4.69, 9.17) is 9.72 Å². The first-order chi connectivity index (χ1) is 8.34. The van der Waals surface area contributed by atoms with Crippen molar-refractivity contribution in [1.82, 2.24) is 4.98 Å². The molecule has 1 aromatic heterocycles. The van der Waals surface area contributed by atoms with Crippen molar-refractivity contribution in [3.05, 3.63) is 40.5 Å². The molecule has 0 unspecified atom stereocenters. The third-order valence-electron chi connectivity index (χ3n) is 3.33. The average Bonchev–Trinajstić information content (AvgIpc) is 2.40. The third kappa shape index (κ3) is 2.22.